The minimum atomic E-state index is -0.0664. The first-order valence-electron chi connectivity index (χ1n) is 4.77. The average Bonchev–Trinajstić information content (AvgIpc) is 2.50. The zero-order valence-corrected chi connectivity index (χ0v) is 9.99. The van der Waals surface area contributed by atoms with Crippen molar-refractivity contribution in [1.29, 1.82) is 0 Å². The largest absolute Gasteiger partial charge is 0.326 e. The molecule has 0 aromatic carbocycles. The second-order valence-electron chi connectivity index (χ2n) is 3.71. The fourth-order valence-electron chi connectivity index (χ4n) is 1.64. The van der Waals surface area contributed by atoms with Crippen LogP contribution in [0.25, 0.3) is 0 Å². The molecule has 0 radical (unpaired) electrons. The monoisotopic (exact) mass is 269 g/mol. The van der Waals surface area contributed by atoms with E-state index in [4.69, 9.17) is 5.73 Å². The minimum absolute atomic E-state index is 0.0525. The van der Waals surface area contributed by atoms with E-state index in [0.29, 0.717) is 18.8 Å². The zero-order valence-electron chi connectivity index (χ0n) is 8.40. The van der Waals surface area contributed by atoms with Gasteiger partial charge in [0.05, 0.1) is 5.69 Å². The van der Waals surface area contributed by atoms with Crippen molar-refractivity contribution in [3.8, 4) is 0 Å². The van der Waals surface area contributed by atoms with Crippen molar-refractivity contribution in [3.05, 3.63) is 22.3 Å². The van der Waals surface area contributed by atoms with Crippen LogP contribution in [0.1, 0.15) is 12.1 Å². The van der Waals surface area contributed by atoms with E-state index in [1.165, 1.54) is 0 Å². The molecule has 0 saturated carbocycles. The Morgan fingerprint density at radius 2 is 2.33 bits per heavy atom. The lowest BCUT2D eigenvalue weighted by atomic mass is 10.3. The molecule has 1 aliphatic rings. The predicted octanol–water partition coefficient (Wildman–Crippen LogP) is 1.22. The van der Waals surface area contributed by atoms with Crippen molar-refractivity contribution in [2.24, 2.45) is 5.73 Å². The van der Waals surface area contributed by atoms with Crippen LogP contribution >= 0.6 is 15.9 Å². The maximum atomic E-state index is 11.6. The van der Waals surface area contributed by atoms with Crippen molar-refractivity contribution < 1.29 is 4.79 Å². The normalized spacial score (nSPS) is 21.1. The molecule has 15 heavy (non-hydrogen) atoms. The quantitative estimate of drug-likeness (QED) is 0.834. The van der Waals surface area contributed by atoms with Gasteiger partial charge in [-0.1, -0.05) is 0 Å². The Balaban J connectivity index is 2.30. The van der Waals surface area contributed by atoms with E-state index >= 15 is 0 Å². The van der Waals surface area contributed by atoms with E-state index in [-0.39, 0.29) is 11.9 Å². The van der Waals surface area contributed by atoms with Crippen LogP contribution in [-0.4, -0.2) is 23.5 Å². The van der Waals surface area contributed by atoms with E-state index in [0.717, 1.165) is 10.2 Å². The molecule has 5 heteroatoms. The van der Waals surface area contributed by atoms with Gasteiger partial charge in [-0.3, -0.25) is 9.69 Å². The van der Waals surface area contributed by atoms with Crippen molar-refractivity contribution >= 4 is 27.7 Å². The molecule has 1 unspecified atom stereocenters. The van der Waals surface area contributed by atoms with Crippen molar-refractivity contribution in [1.82, 2.24) is 4.98 Å². The smallest absolute Gasteiger partial charge is 0.229 e. The van der Waals surface area contributed by atoms with Gasteiger partial charge < -0.3 is 5.73 Å². The van der Waals surface area contributed by atoms with Gasteiger partial charge in [0.15, 0.2) is 0 Å². The molecule has 2 N–H and O–H groups in total. The van der Waals surface area contributed by atoms with Crippen LogP contribution in [0.5, 0.6) is 0 Å². The summed E-state index contributed by atoms with van der Waals surface area (Å²) >= 11 is 3.37. The third-order valence-electron chi connectivity index (χ3n) is 2.44. The molecule has 1 aromatic heterocycles. The first-order chi connectivity index (χ1) is 7.08. The van der Waals surface area contributed by atoms with Crippen LogP contribution in [0.2, 0.25) is 0 Å². The van der Waals surface area contributed by atoms with Gasteiger partial charge in [0, 0.05) is 23.5 Å². The molecule has 4 nitrogen and oxygen atoms in total. The number of halogens is 1. The molecule has 0 aliphatic carbocycles. The van der Waals surface area contributed by atoms with Crippen LogP contribution in [0, 0.1) is 6.92 Å². The fourth-order valence-corrected chi connectivity index (χ4v) is 1.86. The van der Waals surface area contributed by atoms with Gasteiger partial charge >= 0.3 is 0 Å². The summed E-state index contributed by atoms with van der Waals surface area (Å²) < 4.78 is 0.946. The Morgan fingerprint density at radius 1 is 1.60 bits per heavy atom. The Bertz CT molecular complexity index is 408. The second-order valence-corrected chi connectivity index (χ2v) is 4.56. The first-order valence-corrected chi connectivity index (χ1v) is 5.56. The summed E-state index contributed by atoms with van der Waals surface area (Å²) in [5.41, 5.74) is 6.60. The number of pyridine rings is 1. The number of carbonyl (C=O) groups excluding carboxylic acids is 1. The Morgan fingerprint density at radius 3 is 2.87 bits per heavy atom. The lowest BCUT2D eigenvalue weighted by Gasteiger charge is -2.15. The number of hydrogen-bond donors (Lipinski definition) is 1. The zero-order chi connectivity index (χ0) is 11.0. The highest BCUT2D eigenvalue weighted by atomic mass is 79.9. The highest BCUT2D eigenvalue weighted by Crippen LogP contribution is 2.22. The van der Waals surface area contributed by atoms with Crippen molar-refractivity contribution in [3.63, 3.8) is 0 Å². The molecule has 0 spiro atoms. The van der Waals surface area contributed by atoms with Crippen molar-refractivity contribution in [2.45, 2.75) is 19.4 Å². The molecule has 1 fully saturated rings. The molecule has 1 saturated heterocycles. The number of nitrogens with two attached hydrogens (primary N) is 1. The number of carbonyl (C=O) groups is 1. The molecular formula is C10H12BrN3O. The maximum absolute atomic E-state index is 11.6. The van der Waals surface area contributed by atoms with Gasteiger partial charge in [0.2, 0.25) is 5.91 Å². The van der Waals surface area contributed by atoms with Crippen LogP contribution in [0.15, 0.2) is 16.6 Å². The Hall–Kier alpha value is -0.940. The van der Waals surface area contributed by atoms with E-state index in [9.17, 15) is 4.79 Å². The summed E-state index contributed by atoms with van der Waals surface area (Å²) in [7, 11) is 0. The highest BCUT2D eigenvalue weighted by molar-refractivity contribution is 9.10. The Kier molecular flexibility index (Phi) is 2.75. The molecule has 1 atom stereocenters. The number of aryl methyl sites for hydroxylation is 1. The molecular weight excluding hydrogens is 258 g/mol. The molecule has 1 aromatic rings. The van der Waals surface area contributed by atoms with E-state index in [1.807, 2.05) is 19.1 Å². The SMILES string of the molecule is Cc1nc(N2CC(N)CC2=O)ccc1Br. The third-order valence-corrected chi connectivity index (χ3v) is 3.28. The van der Waals surface area contributed by atoms with Gasteiger partial charge in [0.1, 0.15) is 5.82 Å². The van der Waals surface area contributed by atoms with Crippen molar-refractivity contribution in [2.75, 3.05) is 11.4 Å². The topological polar surface area (TPSA) is 59.2 Å². The number of aromatic nitrogens is 1. The minimum Gasteiger partial charge on any atom is -0.326 e. The van der Waals surface area contributed by atoms with Crippen LogP contribution in [0.4, 0.5) is 5.82 Å². The van der Waals surface area contributed by atoms with E-state index in [2.05, 4.69) is 20.9 Å². The van der Waals surface area contributed by atoms with Gasteiger partial charge in [-0.2, -0.15) is 0 Å². The summed E-state index contributed by atoms with van der Waals surface area (Å²) in [4.78, 5) is 17.6. The molecule has 1 amide bonds. The predicted molar refractivity (Wildman–Crippen MR) is 61.6 cm³/mol. The number of hydrogen-bond acceptors (Lipinski definition) is 3. The molecule has 1 aliphatic heterocycles. The van der Waals surface area contributed by atoms with Crippen LogP contribution in [-0.2, 0) is 4.79 Å². The standard InChI is InChI=1S/C10H12BrN3O/c1-6-8(11)2-3-9(13-6)14-5-7(12)4-10(14)15/h2-3,7H,4-5,12H2,1H3. The van der Waals surface area contributed by atoms with Crippen LogP contribution < -0.4 is 10.6 Å². The average molecular weight is 270 g/mol. The number of amides is 1. The number of rotatable bonds is 1. The first kappa shape index (κ1) is 10.6. The third kappa shape index (κ3) is 2.03. The lowest BCUT2D eigenvalue weighted by molar-refractivity contribution is -0.117. The number of nitrogens with zero attached hydrogens (tertiary/aromatic N) is 2. The van der Waals surface area contributed by atoms with E-state index < -0.39 is 0 Å². The van der Waals surface area contributed by atoms with Crippen LogP contribution in [0.3, 0.4) is 0 Å². The molecule has 80 valence electrons. The van der Waals surface area contributed by atoms with Gasteiger partial charge in [-0.25, -0.2) is 4.98 Å². The Labute approximate surface area is 96.6 Å². The molecule has 0 bridgehead atoms. The highest BCUT2D eigenvalue weighted by Gasteiger charge is 2.28. The summed E-state index contributed by atoms with van der Waals surface area (Å²) in [6.45, 7) is 2.46. The lowest BCUT2D eigenvalue weighted by Crippen LogP contribution is -2.28. The summed E-state index contributed by atoms with van der Waals surface area (Å²) in [6, 6.07) is 3.66. The fraction of sp³-hybridized carbons (Fsp3) is 0.400. The molecule has 2 rings (SSSR count). The van der Waals surface area contributed by atoms with Gasteiger partial charge in [0.25, 0.3) is 0 Å². The second kappa shape index (κ2) is 3.90. The number of anilines is 1. The molecule has 2 heterocycles. The summed E-state index contributed by atoms with van der Waals surface area (Å²) in [6.07, 6.45) is 0.413. The van der Waals surface area contributed by atoms with Gasteiger partial charge in [-0.05, 0) is 35.0 Å². The summed E-state index contributed by atoms with van der Waals surface area (Å²) in [5.74, 6) is 0.741. The maximum Gasteiger partial charge on any atom is 0.229 e. The van der Waals surface area contributed by atoms with E-state index in [1.54, 1.807) is 4.90 Å². The van der Waals surface area contributed by atoms with Gasteiger partial charge in [-0.15, -0.1) is 0 Å². The summed E-state index contributed by atoms with van der Waals surface area (Å²) in [5, 5.41) is 0.